The molecule has 0 amide bonds. The molecular formula is C8H10S4. The number of benzene rings is 1. The maximum Gasteiger partial charge on any atom is 0.0183 e. The SMILES string of the molecule is CSSc1ccc(SSC)cc1. The van der Waals surface area contributed by atoms with Gasteiger partial charge in [0.25, 0.3) is 0 Å². The molecule has 0 radical (unpaired) electrons. The van der Waals surface area contributed by atoms with Crippen molar-refractivity contribution in [2.24, 2.45) is 0 Å². The van der Waals surface area contributed by atoms with Crippen molar-refractivity contribution in [3.05, 3.63) is 24.3 Å². The van der Waals surface area contributed by atoms with E-state index in [1.54, 1.807) is 43.2 Å². The molecule has 0 fully saturated rings. The lowest BCUT2D eigenvalue weighted by molar-refractivity contribution is 1.37. The zero-order valence-electron chi connectivity index (χ0n) is 6.94. The number of hydrogen-bond acceptors (Lipinski definition) is 4. The van der Waals surface area contributed by atoms with Crippen LogP contribution in [0.3, 0.4) is 0 Å². The first kappa shape index (κ1) is 10.7. The van der Waals surface area contributed by atoms with E-state index in [0.29, 0.717) is 0 Å². The highest BCUT2D eigenvalue weighted by Crippen LogP contribution is 2.32. The summed E-state index contributed by atoms with van der Waals surface area (Å²) in [7, 11) is 7.16. The van der Waals surface area contributed by atoms with E-state index in [1.807, 2.05) is 0 Å². The molecule has 66 valence electrons. The maximum absolute atomic E-state index is 2.17. The average molecular weight is 234 g/mol. The van der Waals surface area contributed by atoms with Gasteiger partial charge in [-0.25, -0.2) is 0 Å². The molecule has 0 bridgehead atoms. The first-order valence-electron chi connectivity index (χ1n) is 3.38. The molecule has 0 spiro atoms. The highest BCUT2D eigenvalue weighted by Gasteiger charge is 1.94. The van der Waals surface area contributed by atoms with E-state index < -0.39 is 0 Å². The Hall–Kier alpha value is 0.620. The van der Waals surface area contributed by atoms with Gasteiger partial charge < -0.3 is 0 Å². The van der Waals surface area contributed by atoms with Crippen LogP contribution < -0.4 is 0 Å². The summed E-state index contributed by atoms with van der Waals surface area (Å²) < 4.78 is 0. The van der Waals surface area contributed by atoms with Gasteiger partial charge in [-0.3, -0.25) is 0 Å². The van der Waals surface area contributed by atoms with Crippen LogP contribution in [0.15, 0.2) is 34.1 Å². The summed E-state index contributed by atoms with van der Waals surface area (Å²) in [6.45, 7) is 0. The van der Waals surface area contributed by atoms with E-state index in [2.05, 4.69) is 36.8 Å². The molecule has 1 aromatic carbocycles. The van der Waals surface area contributed by atoms with Crippen molar-refractivity contribution in [1.29, 1.82) is 0 Å². The highest BCUT2D eigenvalue weighted by atomic mass is 33.1. The van der Waals surface area contributed by atoms with Crippen LogP contribution in [-0.2, 0) is 0 Å². The summed E-state index contributed by atoms with van der Waals surface area (Å²) in [5.41, 5.74) is 0. The Labute approximate surface area is 89.5 Å². The lowest BCUT2D eigenvalue weighted by Crippen LogP contribution is -1.68. The minimum atomic E-state index is 1.33. The van der Waals surface area contributed by atoms with E-state index in [1.165, 1.54) is 9.79 Å². The van der Waals surface area contributed by atoms with Crippen molar-refractivity contribution in [2.75, 3.05) is 12.5 Å². The van der Waals surface area contributed by atoms with Gasteiger partial charge in [-0.1, -0.05) is 43.2 Å². The van der Waals surface area contributed by atoms with Crippen LogP contribution in [0.25, 0.3) is 0 Å². The summed E-state index contributed by atoms with van der Waals surface area (Å²) in [5, 5.41) is 0. The summed E-state index contributed by atoms with van der Waals surface area (Å²) in [5.74, 6) is 0. The van der Waals surface area contributed by atoms with Gasteiger partial charge >= 0.3 is 0 Å². The van der Waals surface area contributed by atoms with Gasteiger partial charge in [0.1, 0.15) is 0 Å². The summed E-state index contributed by atoms with van der Waals surface area (Å²) >= 11 is 0. The quantitative estimate of drug-likeness (QED) is 0.707. The lowest BCUT2D eigenvalue weighted by atomic mass is 10.4. The lowest BCUT2D eigenvalue weighted by Gasteiger charge is -1.99. The highest BCUT2D eigenvalue weighted by molar-refractivity contribution is 8.76. The fourth-order valence-electron chi connectivity index (χ4n) is 0.743. The zero-order chi connectivity index (χ0) is 8.81. The van der Waals surface area contributed by atoms with E-state index in [9.17, 15) is 0 Å². The second kappa shape index (κ2) is 6.13. The van der Waals surface area contributed by atoms with Crippen molar-refractivity contribution in [3.63, 3.8) is 0 Å². The predicted molar refractivity (Wildman–Crippen MR) is 65.2 cm³/mol. The third-order valence-electron chi connectivity index (χ3n) is 1.18. The Morgan fingerprint density at radius 2 is 1.08 bits per heavy atom. The largest absolute Gasteiger partial charge is 0.0924 e. The van der Waals surface area contributed by atoms with Gasteiger partial charge in [-0.15, -0.1) is 0 Å². The van der Waals surface area contributed by atoms with Gasteiger partial charge in [-0.05, 0) is 36.8 Å². The molecule has 1 rings (SSSR count). The fourth-order valence-corrected chi connectivity index (χ4v) is 3.44. The van der Waals surface area contributed by atoms with Crippen molar-refractivity contribution in [2.45, 2.75) is 9.79 Å². The Bertz CT molecular complexity index is 194. The molecule has 0 aromatic heterocycles. The molecule has 4 heteroatoms. The molecule has 0 N–H and O–H groups in total. The van der Waals surface area contributed by atoms with Gasteiger partial charge in [-0.2, -0.15) is 0 Å². The maximum atomic E-state index is 2.17. The smallest absolute Gasteiger partial charge is 0.0183 e. The van der Waals surface area contributed by atoms with E-state index in [-0.39, 0.29) is 0 Å². The number of rotatable bonds is 4. The molecule has 0 aliphatic heterocycles. The van der Waals surface area contributed by atoms with Gasteiger partial charge in [0.05, 0.1) is 0 Å². The average Bonchev–Trinajstić information content (AvgIpc) is 2.09. The summed E-state index contributed by atoms with van der Waals surface area (Å²) in [6, 6.07) is 8.67. The standard InChI is InChI=1S/C8H10S4/c1-9-11-7-3-5-8(6-4-7)12-10-2/h3-6H,1-2H3. The predicted octanol–water partition coefficient (Wildman–Crippen LogP) is 4.43. The minimum Gasteiger partial charge on any atom is -0.0924 e. The minimum absolute atomic E-state index is 1.33. The Balaban J connectivity index is 2.58. The van der Waals surface area contributed by atoms with Crippen LogP contribution in [0, 0.1) is 0 Å². The van der Waals surface area contributed by atoms with Crippen molar-refractivity contribution >= 4 is 43.2 Å². The molecule has 0 saturated carbocycles. The molecular weight excluding hydrogens is 224 g/mol. The zero-order valence-corrected chi connectivity index (χ0v) is 10.2. The first-order chi connectivity index (χ1) is 5.86. The topological polar surface area (TPSA) is 0 Å². The molecule has 0 aliphatic rings. The van der Waals surface area contributed by atoms with Gasteiger partial charge in [0.2, 0.25) is 0 Å². The van der Waals surface area contributed by atoms with Crippen LogP contribution in [0.1, 0.15) is 0 Å². The fraction of sp³-hybridized carbons (Fsp3) is 0.250. The molecule has 1 aromatic rings. The molecule has 0 nitrogen and oxygen atoms in total. The van der Waals surface area contributed by atoms with Gasteiger partial charge in [0.15, 0.2) is 0 Å². The first-order valence-corrected chi connectivity index (χ1v) is 8.50. The van der Waals surface area contributed by atoms with E-state index >= 15 is 0 Å². The molecule has 0 saturated heterocycles. The molecule has 0 atom stereocenters. The van der Waals surface area contributed by atoms with Crippen LogP contribution in [-0.4, -0.2) is 12.5 Å². The molecule has 0 heterocycles. The second-order valence-electron chi connectivity index (χ2n) is 1.97. The normalized spacial score (nSPS) is 10.2. The van der Waals surface area contributed by atoms with Crippen molar-refractivity contribution < 1.29 is 0 Å². The van der Waals surface area contributed by atoms with Crippen LogP contribution in [0.2, 0.25) is 0 Å². The van der Waals surface area contributed by atoms with Crippen molar-refractivity contribution in [1.82, 2.24) is 0 Å². The number of hydrogen-bond donors (Lipinski definition) is 0. The van der Waals surface area contributed by atoms with Crippen LogP contribution >= 0.6 is 43.2 Å². The van der Waals surface area contributed by atoms with Crippen LogP contribution in [0.5, 0.6) is 0 Å². The Morgan fingerprint density at radius 1 is 0.750 bits per heavy atom. The third kappa shape index (κ3) is 3.56. The second-order valence-corrected chi connectivity index (χ2v) is 6.91. The van der Waals surface area contributed by atoms with E-state index in [0.717, 1.165) is 0 Å². The third-order valence-corrected chi connectivity index (χ3v) is 4.60. The Morgan fingerprint density at radius 3 is 1.33 bits per heavy atom. The molecule has 0 aliphatic carbocycles. The van der Waals surface area contributed by atoms with Crippen molar-refractivity contribution in [3.8, 4) is 0 Å². The molecule has 12 heavy (non-hydrogen) atoms. The van der Waals surface area contributed by atoms with Crippen LogP contribution in [0.4, 0.5) is 0 Å². The summed E-state index contributed by atoms with van der Waals surface area (Å²) in [6.07, 6.45) is 4.18. The Kier molecular flexibility index (Phi) is 5.47. The molecule has 0 unspecified atom stereocenters. The summed E-state index contributed by atoms with van der Waals surface area (Å²) in [4.78, 5) is 2.65. The van der Waals surface area contributed by atoms with Gasteiger partial charge in [0, 0.05) is 9.79 Å². The monoisotopic (exact) mass is 234 g/mol. The van der Waals surface area contributed by atoms with E-state index in [4.69, 9.17) is 0 Å².